The Morgan fingerprint density at radius 2 is 2.00 bits per heavy atom. The predicted molar refractivity (Wildman–Crippen MR) is 111 cm³/mol. The third-order valence-electron chi connectivity index (χ3n) is 3.91. The molecule has 0 aliphatic rings. The van der Waals surface area contributed by atoms with E-state index in [1.165, 1.54) is 42.7 Å². The molecule has 0 aliphatic heterocycles. The first-order valence-electron chi connectivity index (χ1n) is 8.18. The minimum absolute atomic E-state index is 0.0407. The average Bonchev–Trinajstić information content (AvgIpc) is 2.97. The van der Waals surface area contributed by atoms with E-state index in [4.69, 9.17) is 16.3 Å². The third-order valence-corrected chi connectivity index (χ3v) is 6.80. The summed E-state index contributed by atoms with van der Waals surface area (Å²) in [6.07, 6.45) is 1.68. The van der Waals surface area contributed by atoms with Gasteiger partial charge in [-0.15, -0.1) is 6.58 Å². The molecule has 0 radical (unpaired) electrons. The van der Waals surface area contributed by atoms with Gasteiger partial charge in [0.05, 0.1) is 22.2 Å². The van der Waals surface area contributed by atoms with Crippen molar-refractivity contribution in [2.45, 2.75) is 11.4 Å². The van der Waals surface area contributed by atoms with E-state index in [1.54, 1.807) is 22.8 Å². The summed E-state index contributed by atoms with van der Waals surface area (Å²) >= 11 is 7.30. The highest BCUT2D eigenvalue weighted by atomic mass is 35.5. The lowest BCUT2D eigenvalue weighted by atomic mass is 10.3. The van der Waals surface area contributed by atoms with Gasteiger partial charge in [0.1, 0.15) is 11.5 Å². The number of carbonyl (C=O) groups excluding carboxylic acids is 1. The number of hydrogen-bond acceptors (Lipinski definition) is 5. The van der Waals surface area contributed by atoms with Crippen molar-refractivity contribution in [3.05, 3.63) is 64.9 Å². The predicted octanol–water partition coefficient (Wildman–Crippen LogP) is 3.45. The summed E-state index contributed by atoms with van der Waals surface area (Å²) in [7, 11) is -2.32. The van der Waals surface area contributed by atoms with Crippen LogP contribution in [-0.2, 0) is 21.2 Å². The van der Waals surface area contributed by atoms with Crippen LogP contribution in [0, 0.1) is 0 Å². The molecule has 146 valence electrons. The average molecular weight is 437 g/mol. The molecule has 0 spiro atoms. The van der Waals surface area contributed by atoms with Gasteiger partial charge in [0.25, 0.3) is 5.91 Å². The van der Waals surface area contributed by atoms with E-state index in [9.17, 15) is 13.2 Å². The Bertz CT molecular complexity index is 1210. The minimum Gasteiger partial charge on any atom is -0.497 e. The summed E-state index contributed by atoms with van der Waals surface area (Å²) in [5, 5.41) is 0.569. The lowest BCUT2D eigenvalue weighted by molar-refractivity contribution is -0.115. The molecule has 9 heteroatoms. The van der Waals surface area contributed by atoms with Crippen molar-refractivity contribution >= 4 is 48.9 Å². The maximum absolute atomic E-state index is 12.5. The van der Waals surface area contributed by atoms with Gasteiger partial charge in [-0.3, -0.25) is 4.79 Å². The molecule has 2 aromatic carbocycles. The van der Waals surface area contributed by atoms with Crippen LogP contribution >= 0.6 is 22.9 Å². The molecule has 1 aromatic heterocycles. The van der Waals surface area contributed by atoms with Gasteiger partial charge in [-0.1, -0.05) is 29.0 Å². The summed E-state index contributed by atoms with van der Waals surface area (Å²) in [4.78, 5) is 16.9. The highest BCUT2D eigenvalue weighted by Crippen LogP contribution is 2.22. The van der Waals surface area contributed by atoms with Crippen LogP contribution in [-0.4, -0.2) is 31.8 Å². The van der Waals surface area contributed by atoms with Gasteiger partial charge in [0.2, 0.25) is 0 Å². The summed E-state index contributed by atoms with van der Waals surface area (Å²) in [5.74, 6) is -0.932. The van der Waals surface area contributed by atoms with Crippen molar-refractivity contribution in [2.75, 3.05) is 12.9 Å². The summed E-state index contributed by atoms with van der Waals surface area (Å²) in [6.45, 7) is 4.15. The van der Waals surface area contributed by atoms with Crippen LogP contribution in [0.1, 0.15) is 0 Å². The molecule has 28 heavy (non-hydrogen) atoms. The first-order valence-corrected chi connectivity index (χ1v) is 11.0. The Morgan fingerprint density at radius 1 is 1.29 bits per heavy atom. The fraction of sp³-hybridized carbons (Fsp3) is 0.158. The number of amides is 1. The molecule has 1 heterocycles. The van der Waals surface area contributed by atoms with Gasteiger partial charge in [-0.25, -0.2) is 8.42 Å². The standard InChI is InChI=1S/C19H17ClN2O4S2/c1-3-10-22-16-9-4-13(20)11-17(16)27-19(22)21-18(23)12-28(24,25)15-7-5-14(26-2)6-8-15/h3-9,11H,1,10,12H2,2H3. The number of carbonyl (C=O) groups is 1. The van der Waals surface area contributed by atoms with Crippen LogP contribution < -0.4 is 9.54 Å². The van der Waals surface area contributed by atoms with Crippen LogP contribution in [0.2, 0.25) is 5.02 Å². The molecule has 0 N–H and O–H groups in total. The molecule has 0 saturated carbocycles. The van der Waals surface area contributed by atoms with Crippen molar-refractivity contribution in [3.8, 4) is 5.75 Å². The zero-order chi connectivity index (χ0) is 20.3. The van der Waals surface area contributed by atoms with Crippen LogP contribution in [0.15, 0.2) is 65.0 Å². The normalized spacial score (nSPS) is 12.3. The van der Waals surface area contributed by atoms with Gasteiger partial charge in [0, 0.05) is 11.6 Å². The van der Waals surface area contributed by atoms with Crippen molar-refractivity contribution in [2.24, 2.45) is 4.99 Å². The third kappa shape index (κ3) is 4.35. The molecule has 1 amide bonds. The number of aromatic nitrogens is 1. The van der Waals surface area contributed by atoms with Gasteiger partial charge < -0.3 is 9.30 Å². The number of benzene rings is 2. The fourth-order valence-corrected chi connectivity index (χ4v) is 5.05. The molecule has 0 aliphatic carbocycles. The second-order valence-corrected chi connectivity index (χ2v) is 9.27. The van der Waals surface area contributed by atoms with Crippen LogP contribution in [0.5, 0.6) is 5.75 Å². The quantitative estimate of drug-likeness (QED) is 0.554. The van der Waals surface area contributed by atoms with E-state index < -0.39 is 21.5 Å². The van der Waals surface area contributed by atoms with Crippen molar-refractivity contribution in [1.29, 1.82) is 0 Å². The fourth-order valence-electron chi connectivity index (χ4n) is 2.61. The molecule has 0 bridgehead atoms. The first-order chi connectivity index (χ1) is 13.3. The smallest absolute Gasteiger partial charge is 0.263 e. The van der Waals surface area contributed by atoms with Crippen molar-refractivity contribution in [1.82, 2.24) is 4.57 Å². The number of hydrogen-bond donors (Lipinski definition) is 0. The number of thiazole rings is 1. The van der Waals surface area contributed by atoms with E-state index in [-0.39, 0.29) is 4.90 Å². The zero-order valence-electron chi connectivity index (χ0n) is 15.0. The molecular weight excluding hydrogens is 420 g/mol. The zero-order valence-corrected chi connectivity index (χ0v) is 17.4. The van der Waals surface area contributed by atoms with E-state index >= 15 is 0 Å². The monoisotopic (exact) mass is 436 g/mol. The highest BCUT2D eigenvalue weighted by Gasteiger charge is 2.19. The molecule has 3 rings (SSSR count). The molecule has 0 saturated heterocycles. The summed E-state index contributed by atoms with van der Waals surface area (Å²) in [5.41, 5.74) is 0.846. The Morgan fingerprint density at radius 3 is 2.64 bits per heavy atom. The Labute approximate surface area is 171 Å². The maximum Gasteiger partial charge on any atom is 0.263 e. The number of allylic oxidation sites excluding steroid dienone is 1. The van der Waals surface area contributed by atoms with Gasteiger partial charge in [-0.2, -0.15) is 4.99 Å². The topological polar surface area (TPSA) is 77.7 Å². The second-order valence-electron chi connectivity index (χ2n) is 5.84. The number of halogens is 1. The molecule has 0 fully saturated rings. The van der Waals surface area contributed by atoms with Gasteiger partial charge in [0.15, 0.2) is 14.6 Å². The number of ether oxygens (including phenoxy) is 1. The van der Waals surface area contributed by atoms with E-state index in [2.05, 4.69) is 11.6 Å². The Balaban J connectivity index is 1.95. The van der Waals surface area contributed by atoms with Crippen molar-refractivity contribution in [3.63, 3.8) is 0 Å². The molecule has 0 atom stereocenters. The van der Waals surface area contributed by atoms with Crippen molar-refractivity contribution < 1.29 is 17.9 Å². The molecule has 6 nitrogen and oxygen atoms in total. The van der Waals surface area contributed by atoms with Crippen LogP contribution in [0.25, 0.3) is 10.2 Å². The largest absolute Gasteiger partial charge is 0.497 e. The van der Waals surface area contributed by atoms with Crippen LogP contribution in [0.3, 0.4) is 0 Å². The maximum atomic E-state index is 12.5. The summed E-state index contributed by atoms with van der Waals surface area (Å²) in [6, 6.07) is 11.2. The molecule has 0 unspecified atom stereocenters. The molecular formula is C19H17ClN2O4S2. The molecule has 3 aromatic rings. The lowest BCUT2D eigenvalue weighted by Crippen LogP contribution is -2.20. The van der Waals surface area contributed by atoms with Gasteiger partial charge in [-0.05, 0) is 42.5 Å². The number of fused-ring (bicyclic) bond motifs is 1. The van der Waals surface area contributed by atoms with Crippen LogP contribution in [0.4, 0.5) is 0 Å². The van der Waals surface area contributed by atoms with E-state index in [0.29, 0.717) is 22.1 Å². The minimum atomic E-state index is -3.81. The Kier molecular flexibility index (Phi) is 6.02. The number of rotatable bonds is 6. The second kappa shape index (κ2) is 8.30. The number of nitrogens with zero attached hydrogens (tertiary/aromatic N) is 2. The number of methoxy groups -OCH3 is 1. The summed E-state index contributed by atoms with van der Waals surface area (Å²) < 4.78 is 32.7. The number of sulfone groups is 1. The lowest BCUT2D eigenvalue weighted by Gasteiger charge is -2.04. The SMILES string of the molecule is C=CCn1c(=NC(=O)CS(=O)(=O)c2ccc(OC)cc2)sc2cc(Cl)ccc21. The van der Waals surface area contributed by atoms with Gasteiger partial charge >= 0.3 is 0 Å². The van der Waals surface area contributed by atoms with E-state index in [1.807, 2.05) is 6.07 Å². The Hall–Kier alpha value is -2.42. The highest BCUT2D eigenvalue weighted by molar-refractivity contribution is 7.92. The van der Waals surface area contributed by atoms with E-state index in [0.717, 1.165) is 10.2 Å². The first kappa shape index (κ1) is 20.3.